The Morgan fingerprint density at radius 3 is 2.75 bits per heavy atom. The molecule has 0 saturated carbocycles. The number of rotatable bonds is 1. The van der Waals surface area contributed by atoms with Crippen LogP contribution in [0, 0.1) is 11.3 Å². The first-order chi connectivity index (χ1) is 5.92. The molecule has 3 heteroatoms. The molecule has 2 rings (SSSR count). The molecule has 1 saturated heterocycles. The highest BCUT2D eigenvalue weighted by Gasteiger charge is 2.23. The second-order valence-corrected chi connectivity index (χ2v) is 3.19. The lowest BCUT2D eigenvalue weighted by Crippen LogP contribution is -2.19. The molecule has 2 aliphatic rings. The first kappa shape index (κ1) is 7.48. The number of nitriles is 1. The number of ether oxygens (including phenoxy) is 1. The average Bonchev–Trinajstić information content (AvgIpc) is 2.74. The third-order valence-electron chi connectivity index (χ3n) is 2.38. The van der Waals surface area contributed by atoms with Gasteiger partial charge in [0.25, 0.3) is 0 Å². The van der Waals surface area contributed by atoms with Crippen molar-refractivity contribution < 1.29 is 4.74 Å². The van der Waals surface area contributed by atoms with Crippen molar-refractivity contribution in [1.82, 2.24) is 4.90 Å². The number of nitrogens with zero attached hydrogens (tertiary/aromatic N) is 2. The van der Waals surface area contributed by atoms with Crippen molar-refractivity contribution in [3.8, 4) is 6.07 Å². The van der Waals surface area contributed by atoms with E-state index in [1.165, 1.54) is 12.8 Å². The number of hydrogen-bond acceptors (Lipinski definition) is 3. The Morgan fingerprint density at radius 2 is 2.08 bits per heavy atom. The van der Waals surface area contributed by atoms with E-state index in [1.54, 1.807) is 0 Å². The molecule has 0 atom stereocenters. The van der Waals surface area contributed by atoms with Gasteiger partial charge in [-0.3, -0.25) is 0 Å². The molecular formula is C9H12N2O. The predicted molar refractivity (Wildman–Crippen MR) is 44.0 cm³/mol. The largest absolute Gasteiger partial charge is 0.478 e. The molecule has 64 valence electrons. The minimum Gasteiger partial charge on any atom is -0.478 e. The van der Waals surface area contributed by atoms with Gasteiger partial charge in [-0.1, -0.05) is 0 Å². The lowest BCUT2D eigenvalue weighted by Gasteiger charge is -2.17. The molecule has 0 aliphatic carbocycles. The van der Waals surface area contributed by atoms with Gasteiger partial charge in [0.1, 0.15) is 6.07 Å². The van der Waals surface area contributed by atoms with Crippen LogP contribution in [0.2, 0.25) is 0 Å². The van der Waals surface area contributed by atoms with Gasteiger partial charge in [0.2, 0.25) is 5.88 Å². The van der Waals surface area contributed by atoms with Crippen LogP contribution in [0.5, 0.6) is 0 Å². The van der Waals surface area contributed by atoms with Crippen LogP contribution < -0.4 is 0 Å². The Bertz CT molecular complexity index is 246. The highest BCUT2D eigenvalue weighted by molar-refractivity contribution is 5.27. The Balaban J connectivity index is 2.15. The lowest BCUT2D eigenvalue weighted by atomic mass is 10.2. The summed E-state index contributed by atoms with van der Waals surface area (Å²) in [5, 5.41) is 8.78. The van der Waals surface area contributed by atoms with Crippen molar-refractivity contribution in [1.29, 1.82) is 5.26 Å². The zero-order valence-corrected chi connectivity index (χ0v) is 7.05. The summed E-state index contributed by atoms with van der Waals surface area (Å²) in [6, 6.07) is 2.20. The van der Waals surface area contributed by atoms with Gasteiger partial charge in [-0.15, -0.1) is 0 Å². The minimum atomic E-state index is 0.689. The monoisotopic (exact) mass is 164 g/mol. The fraction of sp³-hybridized carbons (Fsp3) is 0.667. The molecule has 0 bridgehead atoms. The highest BCUT2D eigenvalue weighted by atomic mass is 16.5. The summed E-state index contributed by atoms with van der Waals surface area (Å²) in [5.41, 5.74) is 0.830. The van der Waals surface area contributed by atoms with Crippen LogP contribution in [-0.2, 0) is 4.74 Å². The summed E-state index contributed by atoms with van der Waals surface area (Å²) < 4.78 is 5.42. The molecule has 1 fully saturated rings. The molecule has 0 aromatic rings. The standard InChI is InChI=1S/C9H12N2O/c10-7-8-3-6-12-9(8)11-4-1-2-5-11/h1-6H2. The van der Waals surface area contributed by atoms with Gasteiger partial charge in [-0.05, 0) is 12.8 Å². The highest BCUT2D eigenvalue weighted by Crippen LogP contribution is 2.25. The molecule has 2 heterocycles. The van der Waals surface area contributed by atoms with Gasteiger partial charge in [-0.2, -0.15) is 5.26 Å². The first-order valence-electron chi connectivity index (χ1n) is 4.43. The van der Waals surface area contributed by atoms with E-state index in [-0.39, 0.29) is 0 Å². The molecular weight excluding hydrogens is 152 g/mol. The van der Waals surface area contributed by atoms with Gasteiger partial charge in [0.05, 0.1) is 12.2 Å². The molecule has 0 N–H and O–H groups in total. The van der Waals surface area contributed by atoms with E-state index in [4.69, 9.17) is 10.00 Å². The van der Waals surface area contributed by atoms with Crippen LogP contribution in [-0.4, -0.2) is 24.6 Å². The SMILES string of the molecule is N#CC1=C(N2CCCC2)OCC1. The second-order valence-electron chi connectivity index (χ2n) is 3.19. The molecule has 3 nitrogen and oxygen atoms in total. The maximum atomic E-state index is 8.78. The molecule has 0 unspecified atom stereocenters. The maximum Gasteiger partial charge on any atom is 0.203 e. The third-order valence-corrected chi connectivity index (χ3v) is 2.38. The fourth-order valence-corrected chi connectivity index (χ4v) is 1.75. The topological polar surface area (TPSA) is 36.3 Å². The Morgan fingerprint density at radius 1 is 1.33 bits per heavy atom. The Kier molecular flexibility index (Phi) is 1.91. The summed E-state index contributed by atoms with van der Waals surface area (Å²) >= 11 is 0. The van der Waals surface area contributed by atoms with E-state index >= 15 is 0 Å². The van der Waals surface area contributed by atoms with Crippen molar-refractivity contribution in [3.05, 3.63) is 11.5 Å². The van der Waals surface area contributed by atoms with E-state index < -0.39 is 0 Å². The summed E-state index contributed by atoms with van der Waals surface area (Å²) in [5.74, 6) is 0.856. The van der Waals surface area contributed by atoms with Gasteiger partial charge >= 0.3 is 0 Å². The molecule has 12 heavy (non-hydrogen) atoms. The van der Waals surface area contributed by atoms with E-state index in [2.05, 4.69) is 11.0 Å². The van der Waals surface area contributed by atoms with E-state index in [0.717, 1.165) is 31.0 Å². The average molecular weight is 164 g/mol. The van der Waals surface area contributed by atoms with E-state index in [1.807, 2.05) is 0 Å². The molecule has 0 radical (unpaired) electrons. The zero-order chi connectivity index (χ0) is 8.39. The van der Waals surface area contributed by atoms with Gasteiger partial charge < -0.3 is 9.64 Å². The van der Waals surface area contributed by atoms with Crippen molar-refractivity contribution in [2.75, 3.05) is 19.7 Å². The van der Waals surface area contributed by atoms with Crippen LogP contribution in [0.15, 0.2) is 11.5 Å². The smallest absolute Gasteiger partial charge is 0.203 e. The van der Waals surface area contributed by atoms with Gasteiger partial charge in [-0.25, -0.2) is 0 Å². The first-order valence-corrected chi connectivity index (χ1v) is 4.43. The molecule has 2 aliphatic heterocycles. The Hall–Kier alpha value is -1.17. The predicted octanol–water partition coefficient (Wildman–Crippen LogP) is 1.24. The molecule has 0 spiro atoms. The van der Waals surface area contributed by atoms with E-state index in [9.17, 15) is 0 Å². The molecule has 0 amide bonds. The quantitative estimate of drug-likeness (QED) is 0.585. The normalized spacial score (nSPS) is 22.8. The maximum absolute atomic E-state index is 8.78. The number of likely N-dealkylation sites (tertiary alicyclic amines) is 1. The summed E-state index contributed by atoms with van der Waals surface area (Å²) in [6.07, 6.45) is 3.25. The second kappa shape index (κ2) is 3.06. The van der Waals surface area contributed by atoms with Gasteiger partial charge in [0.15, 0.2) is 0 Å². The van der Waals surface area contributed by atoms with Crippen LogP contribution in [0.1, 0.15) is 19.3 Å². The lowest BCUT2D eigenvalue weighted by molar-refractivity contribution is 0.152. The minimum absolute atomic E-state index is 0.689. The van der Waals surface area contributed by atoms with Crippen LogP contribution in [0.3, 0.4) is 0 Å². The summed E-state index contributed by atoms with van der Waals surface area (Å²) in [7, 11) is 0. The third kappa shape index (κ3) is 1.14. The van der Waals surface area contributed by atoms with E-state index in [0.29, 0.717) is 6.61 Å². The molecule has 0 aromatic carbocycles. The summed E-state index contributed by atoms with van der Waals surface area (Å²) in [6.45, 7) is 2.80. The van der Waals surface area contributed by atoms with Gasteiger partial charge in [0, 0.05) is 19.5 Å². The van der Waals surface area contributed by atoms with Crippen molar-refractivity contribution >= 4 is 0 Å². The fourth-order valence-electron chi connectivity index (χ4n) is 1.75. The Labute approximate surface area is 72.2 Å². The van der Waals surface area contributed by atoms with Crippen molar-refractivity contribution in [2.24, 2.45) is 0 Å². The number of hydrogen-bond donors (Lipinski definition) is 0. The van der Waals surface area contributed by atoms with Crippen LogP contribution in [0.4, 0.5) is 0 Å². The zero-order valence-electron chi connectivity index (χ0n) is 7.05. The summed E-state index contributed by atoms with van der Waals surface area (Å²) in [4.78, 5) is 2.19. The van der Waals surface area contributed by atoms with Crippen molar-refractivity contribution in [2.45, 2.75) is 19.3 Å². The molecule has 0 aromatic heterocycles. The van der Waals surface area contributed by atoms with Crippen molar-refractivity contribution in [3.63, 3.8) is 0 Å². The van der Waals surface area contributed by atoms with Crippen LogP contribution >= 0.6 is 0 Å². The van der Waals surface area contributed by atoms with Crippen LogP contribution in [0.25, 0.3) is 0 Å².